The second-order valence-corrected chi connectivity index (χ2v) is 6.14. The Morgan fingerprint density at radius 2 is 2.26 bits per heavy atom. The fourth-order valence-electron chi connectivity index (χ4n) is 3.13. The van der Waals surface area contributed by atoms with Crippen LogP contribution < -0.4 is 5.73 Å². The molecule has 2 N–H and O–H groups in total. The van der Waals surface area contributed by atoms with E-state index in [9.17, 15) is 4.39 Å². The van der Waals surface area contributed by atoms with Gasteiger partial charge in [-0.1, -0.05) is 22.9 Å². The van der Waals surface area contributed by atoms with Crippen LogP contribution in [0, 0.1) is 11.7 Å². The summed E-state index contributed by atoms with van der Waals surface area (Å²) in [6, 6.07) is 5.20. The number of piperidine rings is 1. The van der Waals surface area contributed by atoms with Crippen molar-refractivity contribution in [2.75, 3.05) is 19.6 Å². The summed E-state index contributed by atoms with van der Waals surface area (Å²) in [5.74, 6) is 0.245. The molecular formula is C15H22BrFN2. The van der Waals surface area contributed by atoms with Gasteiger partial charge in [0.05, 0.1) is 0 Å². The Labute approximate surface area is 123 Å². The zero-order valence-corrected chi connectivity index (χ0v) is 13.0. The molecule has 2 rings (SSSR count). The first kappa shape index (κ1) is 14.9. The lowest BCUT2D eigenvalue weighted by atomic mass is 9.84. The topological polar surface area (TPSA) is 29.3 Å². The van der Waals surface area contributed by atoms with Crippen LogP contribution in [0.5, 0.6) is 0 Å². The van der Waals surface area contributed by atoms with Gasteiger partial charge in [0.25, 0.3) is 0 Å². The van der Waals surface area contributed by atoms with Crippen molar-refractivity contribution in [3.8, 4) is 0 Å². The zero-order valence-electron chi connectivity index (χ0n) is 11.4. The average molecular weight is 329 g/mol. The molecule has 19 heavy (non-hydrogen) atoms. The van der Waals surface area contributed by atoms with Crippen LogP contribution in [0.3, 0.4) is 0 Å². The largest absolute Gasteiger partial charge is 0.330 e. The molecular weight excluding hydrogens is 307 g/mol. The first-order valence-corrected chi connectivity index (χ1v) is 7.85. The molecule has 0 radical (unpaired) electrons. The van der Waals surface area contributed by atoms with E-state index in [2.05, 4.69) is 27.8 Å². The minimum Gasteiger partial charge on any atom is -0.330 e. The number of halogens is 2. The van der Waals surface area contributed by atoms with Gasteiger partial charge in [0, 0.05) is 10.5 Å². The first-order valence-electron chi connectivity index (χ1n) is 7.06. The van der Waals surface area contributed by atoms with Crippen LogP contribution in [0.1, 0.15) is 37.8 Å². The summed E-state index contributed by atoms with van der Waals surface area (Å²) in [6.45, 7) is 4.97. The van der Waals surface area contributed by atoms with Crippen molar-refractivity contribution in [3.63, 3.8) is 0 Å². The lowest BCUT2D eigenvalue weighted by Crippen LogP contribution is -2.42. The molecule has 4 heteroatoms. The quantitative estimate of drug-likeness (QED) is 0.912. The molecule has 1 aromatic carbocycles. The van der Waals surface area contributed by atoms with Gasteiger partial charge >= 0.3 is 0 Å². The third-order valence-corrected chi connectivity index (χ3v) is 4.67. The number of benzene rings is 1. The van der Waals surface area contributed by atoms with Gasteiger partial charge in [-0.3, -0.25) is 4.90 Å². The predicted molar refractivity (Wildman–Crippen MR) is 80.5 cm³/mol. The highest BCUT2D eigenvalue weighted by Crippen LogP contribution is 2.39. The van der Waals surface area contributed by atoms with Crippen LogP contribution in [0.4, 0.5) is 4.39 Å². The van der Waals surface area contributed by atoms with Crippen molar-refractivity contribution in [2.45, 2.75) is 32.2 Å². The van der Waals surface area contributed by atoms with E-state index in [1.54, 1.807) is 12.1 Å². The van der Waals surface area contributed by atoms with Crippen molar-refractivity contribution < 1.29 is 4.39 Å². The summed E-state index contributed by atoms with van der Waals surface area (Å²) >= 11 is 3.57. The van der Waals surface area contributed by atoms with Crippen LogP contribution in [-0.2, 0) is 0 Å². The summed E-state index contributed by atoms with van der Waals surface area (Å²) in [5.41, 5.74) is 6.99. The van der Waals surface area contributed by atoms with E-state index < -0.39 is 0 Å². The van der Waals surface area contributed by atoms with Gasteiger partial charge < -0.3 is 5.73 Å². The Balaban J connectivity index is 2.36. The van der Waals surface area contributed by atoms with Gasteiger partial charge in [-0.05, 0) is 68.6 Å². The molecule has 2 atom stereocenters. The lowest BCUT2D eigenvalue weighted by molar-refractivity contribution is 0.0953. The molecule has 1 aliphatic rings. The number of hydrogen-bond donors (Lipinski definition) is 1. The molecule has 106 valence electrons. The molecule has 1 aromatic rings. The van der Waals surface area contributed by atoms with E-state index in [-0.39, 0.29) is 11.9 Å². The highest BCUT2D eigenvalue weighted by Gasteiger charge is 2.32. The van der Waals surface area contributed by atoms with E-state index in [4.69, 9.17) is 5.73 Å². The molecule has 0 aliphatic carbocycles. The maximum Gasteiger partial charge on any atom is 0.123 e. The normalized spacial score (nSPS) is 24.6. The van der Waals surface area contributed by atoms with Gasteiger partial charge in [-0.15, -0.1) is 0 Å². The highest BCUT2D eigenvalue weighted by atomic mass is 79.9. The number of nitrogens with two attached hydrogens (primary N) is 1. The molecule has 0 amide bonds. The van der Waals surface area contributed by atoms with E-state index >= 15 is 0 Å². The number of rotatable bonds is 4. The minimum absolute atomic E-state index is 0.170. The molecule has 1 fully saturated rings. The van der Waals surface area contributed by atoms with Crippen LogP contribution in [0.25, 0.3) is 0 Å². The van der Waals surface area contributed by atoms with Gasteiger partial charge in [0.15, 0.2) is 0 Å². The Morgan fingerprint density at radius 1 is 1.47 bits per heavy atom. The van der Waals surface area contributed by atoms with Gasteiger partial charge in [-0.25, -0.2) is 4.39 Å². The average Bonchev–Trinajstić information content (AvgIpc) is 2.42. The van der Waals surface area contributed by atoms with Gasteiger partial charge in [-0.2, -0.15) is 0 Å². The third kappa shape index (κ3) is 3.36. The first-order chi connectivity index (χ1) is 9.17. The van der Waals surface area contributed by atoms with Crippen LogP contribution in [-0.4, -0.2) is 24.5 Å². The Bertz CT molecular complexity index is 423. The summed E-state index contributed by atoms with van der Waals surface area (Å²) < 4.78 is 14.6. The summed E-state index contributed by atoms with van der Waals surface area (Å²) in [7, 11) is 0. The molecule has 0 aromatic heterocycles. The summed E-state index contributed by atoms with van der Waals surface area (Å²) in [6.07, 6.45) is 3.43. The maximum atomic E-state index is 13.6. The standard InChI is InChI=1S/C15H22BrFN2/c1-2-7-19-8-3-4-11(10-18)15(19)13-9-12(17)5-6-14(13)16/h5-6,9,11,15H,2-4,7-8,10,18H2,1H3. The monoisotopic (exact) mass is 328 g/mol. The SMILES string of the molecule is CCCN1CCCC(CN)C1c1cc(F)ccc1Br. The van der Waals surface area contributed by atoms with Crippen molar-refractivity contribution in [1.82, 2.24) is 4.90 Å². The summed E-state index contributed by atoms with van der Waals surface area (Å²) in [4.78, 5) is 2.46. The number of hydrogen-bond acceptors (Lipinski definition) is 2. The van der Waals surface area contributed by atoms with Crippen molar-refractivity contribution in [1.29, 1.82) is 0 Å². The Hall–Kier alpha value is -0.450. The van der Waals surface area contributed by atoms with E-state index in [1.807, 2.05) is 0 Å². The predicted octanol–water partition coefficient (Wildman–Crippen LogP) is 3.71. The zero-order chi connectivity index (χ0) is 13.8. The number of nitrogens with zero attached hydrogens (tertiary/aromatic N) is 1. The van der Waals surface area contributed by atoms with Crippen molar-refractivity contribution in [3.05, 3.63) is 34.1 Å². The molecule has 1 heterocycles. The van der Waals surface area contributed by atoms with Gasteiger partial charge in [0.1, 0.15) is 5.82 Å². The Morgan fingerprint density at radius 3 is 2.95 bits per heavy atom. The molecule has 2 nitrogen and oxygen atoms in total. The molecule has 0 saturated carbocycles. The summed E-state index contributed by atoms with van der Waals surface area (Å²) in [5, 5.41) is 0. The van der Waals surface area contributed by atoms with Crippen LogP contribution >= 0.6 is 15.9 Å². The highest BCUT2D eigenvalue weighted by molar-refractivity contribution is 9.10. The minimum atomic E-state index is -0.170. The van der Waals surface area contributed by atoms with E-state index in [1.165, 1.54) is 12.5 Å². The third-order valence-electron chi connectivity index (χ3n) is 3.95. The molecule has 1 saturated heterocycles. The maximum absolute atomic E-state index is 13.6. The molecule has 2 unspecified atom stereocenters. The molecule has 0 spiro atoms. The van der Waals surface area contributed by atoms with Crippen LogP contribution in [0.15, 0.2) is 22.7 Å². The fraction of sp³-hybridized carbons (Fsp3) is 0.600. The van der Waals surface area contributed by atoms with Crippen molar-refractivity contribution in [2.24, 2.45) is 11.7 Å². The number of likely N-dealkylation sites (tertiary alicyclic amines) is 1. The van der Waals surface area contributed by atoms with Crippen molar-refractivity contribution >= 4 is 15.9 Å². The van der Waals surface area contributed by atoms with Gasteiger partial charge in [0.2, 0.25) is 0 Å². The second-order valence-electron chi connectivity index (χ2n) is 5.28. The second kappa shape index (κ2) is 6.82. The smallest absolute Gasteiger partial charge is 0.123 e. The molecule has 0 bridgehead atoms. The van der Waals surface area contributed by atoms with E-state index in [0.717, 1.165) is 36.0 Å². The molecule has 1 aliphatic heterocycles. The Kier molecular flexibility index (Phi) is 5.37. The van der Waals surface area contributed by atoms with E-state index in [0.29, 0.717) is 12.5 Å². The van der Waals surface area contributed by atoms with Crippen LogP contribution in [0.2, 0.25) is 0 Å². The fourth-order valence-corrected chi connectivity index (χ4v) is 3.61. The lowest BCUT2D eigenvalue weighted by Gasteiger charge is -2.41.